The number of morpholine rings is 1. The molecule has 31 heavy (non-hydrogen) atoms. The molecule has 1 aromatic carbocycles. The Hall–Kier alpha value is -1.97. The molecular formula is C22H28F3N3O2S. The molecule has 0 unspecified atom stereocenters. The molecule has 1 atom stereocenters. The second-order valence-corrected chi connectivity index (χ2v) is 9.68. The van der Waals surface area contributed by atoms with Gasteiger partial charge in [0.2, 0.25) is 0 Å². The largest absolute Gasteiger partial charge is 0.416 e. The number of ether oxygens (including phenoxy) is 1. The molecule has 1 aliphatic heterocycles. The van der Waals surface area contributed by atoms with E-state index in [2.05, 4.69) is 15.2 Å². The number of amides is 1. The molecule has 0 spiro atoms. The minimum Gasteiger partial charge on any atom is -0.379 e. The summed E-state index contributed by atoms with van der Waals surface area (Å²) < 4.78 is 44.3. The van der Waals surface area contributed by atoms with Gasteiger partial charge in [0, 0.05) is 25.0 Å². The standard InChI is InChI=1S/C22H28F3N3O2S/c1-14-18(31-20(27-14)21(2,3)4)19(29)26-13-17(28-9-11-30-12-10-28)15-5-7-16(8-6-15)22(23,24)25/h5-8,17H,9-13H2,1-4H3,(H,26,29)/t17-/m1/s1. The third-order valence-corrected chi connectivity index (χ3v) is 6.79. The number of carbonyl (C=O) groups excluding carboxylic acids is 1. The molecule has 1 aliphatic rings. The Labute approximate surface area is 184 Å². The number of aromatic nitrogens is 1. The van der Waals surface area contributed by atoms with E-state index in [1.807, 2.05) is 27.7 Å². The highest BCUT2D eigenvalue weighted by Gasteiger charge is 2.31. The van der Waals surface area contributed by atoms with E-state index in [9.17, 15) is 18.0 Å². The average molecular weight is 456 g/mol. The molecule has 9 heteroatoms. The van der Waals surface area contributed by atoms with Crippen molar-refractivity contribution in [1.29, 1.82) is 0 Å². The first kappa shape index (κ1) is 23.7. The van der Waals surface area contributed by atoms with Gasteiger partial charge in [0.25, 0.3) is 5.91 Å². The maximum atomic E-state index is 13.0. The Morgan fingerprint density at radius 2 is 1.81 bits per heavy atom. The highest BCUT2D eigenvalue weighted by Crippen LogP contribution is 2.32. The van der Waals surface area contributed by atoms with Gasteiger partial charge in [-0.2, -0.15) is 13.2 Å². The molecule has 0 saturated carbocycles. The summed E-state index contributed by atoms with van der Waals surface area (Å²) in [6.45, 7) is 10.6. The number of nitrogens with one attached hydrogen (secondary N) is 1. The van der Waals surface area contributed by atoms with Crippen molar-refractivity contribution < 1.29 is 22.7 Å². The zero-order valence-electron chi connectivity index (χ0n) is 18.2. The van der Waals surface area contributed by atoms with Crippen LogP contribution in [0.5, 0.6) is 0 Å². The average Bonchev–Trinajstić information content (AvgIpc) is 3.11. The third-order valence-electron chi connectivity index (χ3n) is 5.21. The lowest BCUT2D eigenvalue weighted by molar-refractivity contribution is -0.137. The zero-order valence-corrected chi connectivity index (χ0v) is 19.0. The summed E-state index contributed by atoms with van der Waals surface area (Å²) in [5.41, 5.74) is 0.581. The predicted molar refractivity (Wildman–Crippen MR) is 114 cm³/mol. The number of hydrogen-bond acceptors (Lipinski definition) is 5. The Morgan fingerprint density at radius 1 is 1.19 bits per heavy atom. The van der Waals surface area contributed by atoms with Gasteiger partial charge < -0.3 is 10.1 Å². The lowest BCUT2D eigenvalue weighted by atomic mass is 9.98. The van der Waals surface area contributed by atoms with E-state index in [0.717, 1.165) is 22.7 Å². The summed E-state index contributed by atoms with van der Waals surface area (Å²) in [7, 11) is 0. The quantitative estimate of drug-likeness (QED) is 0.718. The van der Waals surface area contributed by atoms with Crippen LogP contribution in [0.2, 0.25) is 0 Å². The van der Waals surface area contributed by atoms with Crippen molar-refractivity contribution in [3.8, 4) is 0 Å². The lowest BCUT2D eigenvalue weighted by Gasteiger charge is -2.35. The molecule has 3 rings (SSSR count). The van der Waals surface area contributed by atoms with Gasteiger partial charge >= 0.3 is 6.18 Å². The van der Waals surface area contributed by atoms with Crippen molar-refractivity contribution in [3.63, 3.8) is 0 Å². The number of rotatable bonds is 5. The molecule has 1 aromatic heterocycles. The van der Waals surface area contributed by atoms with E-state index in [1.165, 1.54) is 23.5 Å². The molecule has 2 heterocycles. The fourth-order valence-electron chi connectivity index (χ4n) is 3.44. The fraction of sp³-hybridized carbons (Fsp3) is 0.545. The third kappa shape index (κ3) is 5.84. The number of halogens is 3. The van der Waals surface area contributed by atoms with Crippen LogP contribution in [0.25, 0.3) is 0 Å². The van der Waals surface area contributed by atoms with Crippen molar-refractivity contribution in [2.45, 2.75) is 45.3 Å². The topological polar surface area (TPSA) is 54.5 Å². The summed E-state index contributed by atoms with van der Waals surface area (Å²) in [6, 6.07) is 4.92. The predicted octanol–water partition coefficient (Wildman–Crippen LogP) is 4.57. The highest BCUT2D eigenvalue weighted by molar-refractivity contribution is 7.14. The number of carbonyl (C=O) groups is 1. The second-order valence-electron chi connectivity index (χ2n) is 8.68. The summed E-state index contributed by atoms with van der Waals surface area (Å²) in [5, 5.41) is 3.86. The summed E-state index contributed by atoms with van der Waals surface area (Å²) >= 11 is 1.38. The van der Waals surface area contributed by atoms with Gasteiger partial charge in [-0.25, -0.2) is 4.98 Å². The molecule has 1 saturated heterocycles. The monoisotopic (exact) mass is 455 g/mol. The van der Waals surface area contributed by atoms with Crippen LogP contribution in [0.15, 0.2) is 24.3 Å². The molecule has 5 nitrogen and oxygen atoms in total. The lowest BCUT2D eigenvalue weighted by Crippen LogP contribution is -2.43. The second kappa shape index (κ2) is 9.26. The van der Waals surface area contributed by atoms with Crippen LogP contribution in [-0.2, 0) is 16.3 Å². The van der Waals surface area contributed by atoms with Gasteiger partial charge in [0.05, 0.1) is 35.5 Å². The molecule has 1 fully saturated rings. The Morgan fingerprint density at radius 3 is 2.32 bits per heavy atom. The molecule has 0 aliphatic carbocycles. The molecule has 170 valence electrons. The first-order chi connectivity index (χ1) is 14.5. The van der Waals surface area contributed by atoms with Gasteiger partial charge in [-0.3, -0.25) is 9.69 Å². The van der Waals surface area contributed by atoms with Crippen molar-refractivity contribution >= 4 is 17.2 Å². The number of benzene rings is 1. The van der Waals surface area contributed by atoms with Crippen molar-refractivity contribution in [2.75, 3.05) is 32.8 Å². The normalized spacial score (nSPS) is 16.9. The van der Waals surface area contributed by atoms with E-state index < -0.39 is 11.7 Å². The van der Waals surface area contributed by atoms with Gasteiger partial charge in [0.1, 0.15) is 4.88 Å². The Balaban J connectivity index is 1.78. The minimum absolute atomic E-state index is 0.148. The van der Waals surface area contributed by atoms with Crippen LogP contribution in [0, 0.1) is 6.92 Å². The van der Waals surface area contributed by atoms with Gasteiger partial charge in [0.15, 0.2) is 0 Å². The van der Waals surface area contributed by atoms with Crippen LogP contribution >= 0.6 is 11.3 Å². The maximum Gasteiger partial charge on any atom is 0.416 e. The maximum absolute atomic E-state index is 13.0. The number of nitrogens with zero attached hydrogens (tertiary/aromatic N) is 2. The molecule has 0 radical (unpaired) electrons. The summed E-state index contributed by atoms with van der Waals surface area (Å²) in [4.78, 5) is 20.1. The summed E-state index contributed by atoms with van der Waals surface area (Å²) in [6.07, 6.45) is -4.38. The van der Waals surface area contributed by atoms with Crippen LogP contribution in [0.3, 0.4) is 0 Å². The van der Waals surface area contributed by atoms with E-state index in [-0.39, 0.29) is 23.9 Å². The Kier molecular flexibility index (Phi) is 7.08. The fourth-order valence-corrected chi connectivity index (χ4v) is 4.48. The van der Waals surface area contributed by atoms with Crippen molar-refractivity contribution in [2.24, 2.45) is 0 Å². The van der Waals surface area contributed by atoms with Gasteiger partial charge in [-0.1, -0.05) is 32.9 Å². The highest BCUT2D eigenvalue weighted by atomic mass is 32.1. The van der Waals surface area contributed by atoms with E-state index in [4.69, 9.17) is 4.74 Å². The number of hydrogen-bond donors (Lipinski definition) is 1. The molecule has 0 bridgehead atoms. The van der Waals surface area contributed by atoms with Crippen molar-refractivity contribution in [1.82, 2.24) is 15.2 Å². The van der Waals surface area contributed by atoms with Crippen LogP contribution in [0.1, 0.15) is 58.3 Å². The zero-order chi connectivity index (χ0) is 22.8. The number of thiazole rings is 1. The van der Waals surface area contributed by atoms with E-state index >= 15 is 0 Å². The molecule has 1 amide bonds. The first-order valence-corrected chi connectivity index (χ1v) is 11.0. The van der Waals surface area contributed by atoms with E-state index in [0.29, 0.717) is 36.9 Å². The van der Waals surface area contributed by atoms with Crippen molar-refractivity contribution in [3.05, 3.63) is 51.0 Å². The minimum atomic E-state index is -4.38. The smallest absolute Gasteiger partial charge is 0.379 e. The first-order valence-electron chi connectivity index (χ1n) is 10.2. The van der Waals surface area contributed by atoms with E-state index in [1.54, 1.807) is 0 Å². The molecule has 2 aromatic rings. The molecular weight excluding hydrogens is 427 g/mol. The van der Waals surface area contributed by atoms with Crippen LogP contribution in [0.4, 0.5) is 13.2 Å². The molecule has 1 N–H and O–H groups in total. The number of aryl methyl sites for hydroxylation is 1. The SMILES string of the molecule is Cc1nc(C(C)(C)C)sc1C(=O)NC[C@H](c1ccc(C(F)(F)F)cc1)N1CCOCC1. The van der Waals surface area contributed by atoms with Crippen LogP contribution < -0.4 is 5.32 Å². The number of alkyl halides is 3. The van der Waals surface area contributed by atoms with Gasteiger partial charge in [-0.05, 0) is 24.6 Å². The Bertz CT molecular complexity index is 898. The van der Waals surface area contributed by atoms with Gasteiger partial charge in [-0.15, -0.1) is 11.3 Å². The summed E-state index contributed by atoms with van der Waals surface area (Å²) in [5.74, 6) is -0.212. The van der Waals surface area contributed by atoms with Crippen LogP contribution in [-0.4, -0.2) is 48.6 Å².